The van der Waals surface area contributed by atoms with Crippen molar-refractivity contribution in [2.45, 2.75) is 70.3 Å². The maximum absolute atomic E-state index is 12.3. The standard InChI is InChI=1S/C33H40N4O3S.ClH/c1-21-22(2)31-28(23(3)30(21)39)17-19-33(4,40-31)18-5-6-20-41-27-14-12-25(13-15-27)36-29(38)16-9-24-7-10-26(11-8-24)37-32(34)35;/h7-16,39H,5-6,17-20H2,1-4H3,(H,36,38)(H4,34,35,37);1H. The molecular formula is C33H41ClN4O3S. The molecule has 1 aliphatic rings. The van der Waals surface area contributed by atoms with E-state index in [4.69, 9.17) is 15.9 Å². The van der Waals surface area contributed by atoms with E-state index in [1.165, 1.54) is 11.0 Å². The van der Waals surface area contributed by atoms with E-state index in [0.717, 1.165) is 82.8 Å². The number of benzene rings is 3. The van der Waals surface area contributed by atoms with Gasteiger partial charge in [-0.3, -0.25) is 10.2 Å². The predicted molar refractivity (Wildman–Crippen MR) is 178 cm³/mol. The quantitative estimate of drug-likeness (QED) is 0.0528. The molecule has 9 heteroatoms. The molecule has 0 aromatic heterocycles. The van der Waals surface area contributed by atoms with Gasteiger partial charge in [-0.1, -0.05) is 12.1 Å². The van der Waals surface area contributed by atoms with Gasteiger partial charge in [0.2, 0.25) is 5.91 Å². The van der Waals surface area contributed by atoms with Crippen LogP contribution < -0.4 is 21.1 Å². The summed E-state index contributed by atoms with van der Waals surface area (Å²) in [6.45, 7) is 8.20. The summed E-state index contributed by atoms with van der Waals surface area (Å²) in [6, 6.07) is 15.2. The molecule has 0 aliphatic carbocycles. The number of nitrogens with two attached hydrogens (primary N) is 1. The molecule has 1 atom stereocenters. The Kier molecular flexibility index (Phi) is 11.4. The van der Waals surface area contributed by atoms with Crippen molar-refractivity contribution < 1.29 is 14.6 Å². The van der Waals surface area contributed by atoms with Crippen molar-refractivity contribution >= 4 is 53.5 Å². The van der Waals surface area contributed by atoms with Gasteiger partial charge >= 0.3 is 0 Å². The monoisotopic (exact) mass is 608 g/mol. The number of fused-ring (bicyclic) bond motifs is 1. The second kappa shape index (κ2) is 14.5. The Morgan fingerprint density at radius 3 is 2.33 bits per heavy atom. The maximum atomic E-state index is 12.3. The molecule has 1 amide bonds. The van der Waals surface area contributed by atoms with Crippen LogP contribution in [-0.2, 0) is 11.2 Å². The molecule has 6 N–H and O–H groups in total. The Morgan fingerprint density at radius 1 is 1.02 bits per heavy atom. The Bertz CT molecular complexity index is 1440. The third kappa shape index (κ3) is 8.46. The fourth-order valence-electron chi connectivity index (χ4n) is 5.09. The minimum Gasteiger partial charge on any atom is -0.507 e. The smallest absolute Gasteiger partial charge is 0.248 e. The molecule has 7 nitrogen and oxygen atoms in total. The minimum absolute atomic E-state index is 0. The van der Waals surface area contributed by atoms with Crippen molar-refractivity contribution in [2.24, 2.45) is 5.73 Å². The number of ether oxygens (including phenoxy) is 1. The number of nitrogens with one attached hydrogen (secondary N) is 3. The van der Waals surface area contributed by atoms with E-state index in [1.807, 2.05) is 68.9 Å². The lowest BCUT2D eigenvalue weighted by molar-refractivity contribution is -0.111. The highest BCUT2D eigenvalue weighted by Crippen LogP contribution is 2.44. The predicted octanol–water partition coefficient (Wildman–Crippen LogP) is 7.74. The van der Waals surface area contributed by atoms with Gasteiger partial charge in [0.1, 0.15) is 17.1 Å². The van der Waals surface area contributed by atoms with Crippen molar-refractivity contribution in [3.05, 3.63) is 82.4 Å². The van der Waals surface area contributed by atoms with E-state index in [-0.39, 0.29) is 29.9 Å². The van der Waals surface area contributed by atoms with Gasteiger partial charge in [0.05, 0.1) is 0 Å². The maximum Gasteiger partial charge on any atom is 0.248 e. The number of phenols is 1. The molecule has 0 bridgehead atoms. The number of amides is 1. The lowest BCUT2D eigenvalue weighted by Gasteiger charge is -2.38. The van der Waals surface area contributed by atoms with Crippen molar-refractivity contribution in [3.8, 4) is 11.5 Å². The highest BCUT2D eigenvalue weighted by Gasteiger charge is 2.34. The molecular weight excluding hydrogens is 568 g/mol. The SMILES string of the molecule is Cc1c(C)c2c(c(C)c1O)CCC(C)(CCCCSc1ccc(NC(=O)C=Cc3ccc(NC(=N)N)cc3)cc1)O2.Cl. The van der Waals surface area contributed by atoms with Gasteiger partial charge in [0.25, 0.3) is 0 Å². The molecule has 1 unspecified atom stereocenters. The van der Waals surface area contributed by atoms with Crippen LogP contribution in [0.1, 0.15) is 60.4 Å². The molecule has 3 aromatic carbocycles. The average molecular weight is 609 g/mol. The number of anilines is 2. The number of guanidine groups is 1. The van der Waals surface area contributed by atoms with Crippen LogP contribution in [0.15, 0.2) is 59.5 Å². The van der Waals surface area contributed by atoms with Crippen LogP contribution in [0.4, 0.5) is 11.4 Å². The van der Waals surface area contributed by atoms with Gasteiger partial charge in [0.15, 0.2) is 5.96 Å². The molecule has 0 fully saturated rings. The Morgan fingerprint density at radius 2 is 1.67 bits per heavy atom. The molecule has 1 aliphatic heterocycles. The summed E-state index contributed by atoms with van der Waals surface area (Å²) in [6.07, 6.45) is 8.32. The molecule has 0 saturated heterocycles. The summed E-state index contributed by atoms with van der Waals surface area (Å²) in [4.78, 5) is 13.5. The highest BCUT2D eigenvalue weighted by atomic mass is 35.5. The van der Waals surface area contributed by atoms with E-state index in [0.29, 0.717) is 5.75 Å². The number of rotatable bonds is 10. The number of phenolic OH excluding ortho intramolecular Hbond substituents is 1. The van der Waals surface area contributed by atoms with Crippen molar-refractivity contribution in [1.82, 2.24) is 0 Å². The van der Waals surface area contributed by atoms with Gasteiger partial charge in [-0.25, -0.2) is 0 Å². The normalized spacial score (nSPS) is 15.8. The van der Waals surface area contributed by atoms with Crippen LogP contribution in [-0.4, -0.2) is 28.3 Å². The first-order valence-corrected chi connectivity index (χ1v) is 15.0. The van der Waals surface area contributed by atoms with Gasteiger partial charge in [-0.2, -0.15) is 0 Å². The lowest BCUT2D eigenvalue weighted by Crippen LogP contribution is -2.37. The first-order chi connectivity index (χ1) is 19.5. The molecule has 4 rings (SSSR count). The number of unbranched alkanes of at least 4 members (excludes halogenated alkanes) is 1. The zero-order chi connectivity index (χ0) is 29.6. The second-order valence-corrected chi connectivity index (χ2v) is 12.1. The number of carbonyl (C=O) groups excluding carboxylic acids is 1. The largest absolute Gasteiger partial charge is 0.507 e. The van der Waals surface area contributed by atoms with Crippen molar-refractivity contribution in [1.29, 1.82) is 5.41 Å². The number of hydrogen-bond donors (Lipinski definition) is 5. The Hall–Kier alpha value is -3.62. The van der Waals surface area contributed by atoms with E-state index in [1.54, 1.807) is 18.2 Å². The van der Waals surface area contributed by atoms with Crippen LogP contribution >= 0.6 is 24.2 Å². The molecule has 0 spiro atoms. The Labute approximate surface area is 259 Å². The second-order valence-electron chi connectivity index (χ2n) is 10.9. The molecule has 0 saturated carbocycles. The summed E-state index contributed by atoms with van der Waals surface area (Å²) in [7, 11) is 0. The van der Waals surface area contributed by atoms with Crippen LogP contribution in [0.3, 0.4) is 0 Å². The van der Waals surface area contributed by atoms with Crippen LogP contribution in [0.2, 0.25) is 0 Å². The third-order valence-corrected chi connectivity index (χ3v) is 8.80. The van der Waals surface area contributed by atoms with Gasteiger partial charge in [0, 0.05) is 27.9 Å². The van der Waals surface area contributed by atoms with Gasteiger partial charge in [-0.15, -0.1) is 24.2 Å². The van der Waals surface area contributed by atoms with Crippen LogP contribution in [0.5, 0.6) is 11.5 Å². The zero-order valence-electron chi connectivity index (χ0n) is 24.7. The molecule has 224 valence electrons. The third-order valence-electron chi connectivity index (χ3n) is 7.70. The summed E-state index contributed by atoms with van der Waals surface area (Å²) in [5.41, 5.74) is 11.6. The fraction of sp³-hybridized carbons (Fsp3) is 0.333. The lowest BCUT2D eigenvalue weighted by atomic mass is 9.85. The average Bonchev–Trinajstić information content (AvgIpc) is 2.95. The van der Waals surface area contributed by atoms with Gasteiger partial charge in [-0.05, 0) is 130 Å². The number of aromatic hydroxyl groups is 1. The molecule has 42 heavy (non-hydrogen) atoms. The fourth-order valence-corrected chi connectivity index (χ4v) is 6.00. The van der Waals surface area contributed by atoms with E-state index >= 15 is 0 Å². The number of thioether (sulfide) groups is 1. The van der Waals surface area contributed by atoms with Crippen LogP contribution in [0, 0.1) is 26.2 Å². The van der Waals surface area contributed by atoms with E-state index in [2.05, 4.69) is 17.6 Å². The zero-order valence-corrected chi connectivity index (χ0v) is 26.3. The first kappa shape index (κ1) is 32.9. The molecule has 3 aromatic rings. The first-order valence-electron chi connectivity index (χ1n) is 14.0. The van der Waals surface area contributed by atoms with Crippen molar-refractivity contribution in [3.63, 3.8) is 0 Å². The molecule has 0 radical (unpaired) electrons. The summed E-state index contributed by atoms with van der Waals surface area (Å²) in [5.74, 6) is 2.08. The summed E-state index contributed by atoms with van der Waals surface area (Å²) >= 11 is 1.82. The summed E-state index contributed by atoms with van der Waals surface area (Å²) < 4.78 is 6.57. The topological polar surface area (TPSA) is 120 Å². The number of hydrogen-bond acceptors (Lipinski definition) is 5. The Balaban J connectivity index is 0.00000484. The highest BCUT2D eigenvalue weighted by molar-refractivity contribution is 7.99. The molecule has 1 heterocycles. The number of halogens is 1. The van der Waals surface area contributed by atoms with E-state index in [9.17, 15) is 9.90 Å². The van der Waals surface area contributed by atoms with Crippen molar-refractivity contribution in [2.75, 3.05) is 16.4 Å². The number of carbonyl (C=O) groups is 1. The van der Waals surface area contributed by atoms with Crippen LogP contribution in [0.25, 0.3) is 6.08 Å². The summed E-state index contributed by atoms with van der Waals surface area (Å²) in [5, 5.41) is 23.3. The van der Waals surface area contributed by atoms with E-state index < -0.39 is 0 Å². The van der Waals surface area contributed by atoms with Gasteiger partial charge < -0.3 is 26.2 Å². The minimum atomic E-state index is -0.199.